The molecule has 0 bridgehead atoms. The summed E-state index contributed by atoms with van der Waals surface area (Å²) < 4.78 is 16.0. The molecule has 0 amide bonds. The third kappa shape index (κ3) is 5.42. The molecule has 0 radical (unpaired) electrons. The predicted octanol–water partition coefficient (Wildman–Crippen LogP) is 3.32. The number of aromatic nitrogens is 2. The van der Waals surface area contributed by atoms with Gasteiger partial charge < -0.3 is 24.1 Å². The van der Waals surface area contributed by atoms with Gasteiger partial charge in [0.2, 0.25) is 17.1 Å². The number of carbonyl (C=O) groups excluding carboxylic acids is 1. The van der Waals surface area contributed by atoms with E-state index in [1.807, 2.05) is 13.8 Å². The SMILES string of the molecule is COc1ccc(C(=O)C(NCCCc2nc(C(C)C)no2)c2oc(C)cc(=O)c2O)cc1. The minimum atomic E-state index is -1.05. The van der Waals surface area contributed by atoms with Crippen LogP contribution in [0.2, 0.25) is 0 Å². The van der Waals surface area contributed by atoms with Crippen molar-refractivity contribution >= 4 is 5.78 Å². The van der Waals surface area contributed by atoms with Gasteiger partial charge in [0.05, 0.1) is 7.11 Å². The van der Waals surface area contributed by atoms with Crippen molar-refractivity contribution in [2.75, 3.05) is 13.7 Å². The molecule has 1 aromatic carbocycles. The number of aromatic hydroxyl groups is 1. The number of nitrogens with one attached hydrogen (secondary N) is 1. The molecule has 9 nitrogen and oxygen atoms in total. The lowest BCUT2D eigenvalue weighted by molar-refractivity contribution is 0.0926. The minimum Gasteiger partial charge on any atom is -0.502 e. The Morgan fingerprint density at radius 2 is 1.97 bits per heavy atom. The molecule has 2 aromatic heterocycles. The Hall–Kier alpha value is -3.46. The normalized spacial score (nSPS) is 12.2. The van der Waals surface area contributed by atoms with Gasteiger partial charge in [-0.2, -0.15) is 4.98 Å². The number of rotatable bonds is 10. The predicted molar refractivity (Wildman–Crippen MR) is 116 cm³/mol. The van der Waals surface area contributed by atoms with Crippen molar-refractivity contribution in [3.05, 3.63) is 69.4 Å². The van der Waals surface area contributed by atoms with E-state index >= 15 is 0 Å². The lowest BCUT2D eigenvalue weighted by Gasteiger charge is -2.18. The van der Waals surface area contributed by atoms with Crippen molar-refractivity contribution in [1.29, 1.82) is 0 Å². The van der Waals surface area contributed by atoms with Gasteiger partial charge in [-0.15, -0.1) is 0 Å². The summed E-state index contributed by atoms with van der Waals surface area (Å²) in [5, 5.41) is 17.3. The Balaban J connectivity index is 1.78. The number of methoxy groups -OCH3 is 1. The summed E-state index contributed by atoms with van der Waals surface area (Å²) in [5.41, 5.74) is -0.226. The second-order valence-electron chi connectivity index (χ2n) is 7.72. The van der Waals surface area contributed by atoms with E-state index in [0.717, 1.165) is 0 Å². The fourth-order valence-corrected chi connectivity index (χ4v) is 3.14. The van der Waals surface area contributed by atoms with Crippen LogP contribution in [0.4, 0.5) is 0 Å². The third-order valence-corrected chi connectivity index (χ3v) is 4.89. The molecule has 170 valence electrons. The van der Waals surface area contributed by atoms with E-state index in [9.17, 15) is 14.7 Å². The number of benzene rings is 1. The van der Waals surface area contributed by atoms with Crippen LogP contribution in [0.3, 0.4) is 0 Å². The molecule has 0 aliphatic carbocycles. The molecule has 2 heterocycles. The summed E-state index contributed by atoms with van der Waals surface area (Å²) in [7, 11) is 1.54. The van der Waals surface area contributed by atoms with Gasteiger partial charge in [0.1, 0.15) is 17.6 Å². The van der Waals surface area contributed by atoms with Crippen molar-refractivity contribution in [2.24, 2.45) is 0 Å². The molecule has 0 aliphatic rings. The van der Waals surface area contributed by atoms with Gasteiger partial charge in [-0.3, -0.25) is 9.59 Å². The Kier molecular flexibility index (Phi) is 7.42. The average molecular weight is 441 g/mol. The quantitative estimate of drug-likeness (QED) is 0.360. The molecule has 0 aliphatic heterocycles. The first-order valence-corrected chi connectivity index (χ1v) is 10.4. The molecule has 32 heavy (non-hydrogen) atoms. The van der Waals surface area contributed by atoms with E-state index in [1.54, 1.807) is 31.2 Å². The highest BCUT2D eigenvalue weighted by Gasteiger charge is 2.28. The van der Waals surface area contributed by atoms with E-state index < -0.39 is 17.2 Å². The van der Waals surface area contributed by atoms with Crippen LogP contribution in [0.25, 0.3) is 0 Å². The number of ether oxygens (including phenoxy) is 1. The first-order valence-electron chi connectivity index (χ1n) is 10.4. The highest BCUT2D eigenvalue weighted by molar-refractivity contribution is 6.00. The van der Waals surface area contributed by atoms with Crippen molar-refractivity contribution < 1.29 is 23.6 Å². The van der Waals surface area contributed by atoms with Crippen LogP contribution in [0.15, 0.2) is 44.1 Å². The van der Waals surface area contributed by atoms with Gasteiger partial charge in [0.25, 0.3) is 0 Å². The molecule has 9 heteroatoms. The Morgan fingerprint density at radius 1 is 1.25 bits per heavy atom. The Labute approximate surface area is 185 Å². The monoisotopic (exact) mass is 441 g/mol. The zero-order valence-electron chi connectivity index (χ0n) is 18.5. The molecule has 0 spiro atoms. The summed E-state index contributed by atoms with van der Waals surface area (Å²) in [4.78, 5) is 29.7. The Bertz CT molecular complexity index is 1120. The number of Topliss-reactive ketones (excluding diaryl/α,β-unsaturated/α-hetero) is 1. The van der Waals surface area contributed by atoms with E-state index in [1.165, 1.54) is 13.2 Å². The maximum Gasteiger partial charge on any atom is 0.227 e. The van der Waals surface area contributed by atoms with Crippen LogP contribution in [0.5, 0.6) is 11.5 Å². The summed E-state index contributed by atoms with van der Waals surface area (Å²) >= 11 is 0. The third-order valence-electron chi connectivity index (χ3n) is 4.89. The van der Waals surface area contributed by atoms with Crippen molar-refractivity contribution in [3.63, 3.8) is 0 Å². The molecule has 3 rings (SSSR count). The van der Waals surface area contributed by atoms with Gasteiger partial charge >= 0.3 is 0 Å². The first kappa shape index (κ1) is 23.2. The summed E-state index contributed by atoms with van der Waals surface area (Å²) in [6.07, 6.45) is 1.10. The molecule has 1 atom stereocenters. The number of carbonyl (C=O) groups is 1. The second kappa shape index (κ2) is 10.2. The number of hydrogen-bond acceptors (Lipinski definition) is 9. The van der Waals surface area contributed by atoms with Gasteiger partial charge in [0, 0.05) is 24.0 Å². The van der Waals surface area contributed by atoms with Crippen LogP contribution < -0.4 is 15.5 Å². The van der Waals surface area contributed by atoms with Gasteiger partial charge in [-0.1, -0.05) is 19.0 Å². The second-order valence-corrected chi connectivity index (χ2v) is 7.72. The first-order chi connectivity index (χ1) is 15.3. The van der Waals surface area contributed by atoms with Crippen LogP contribution in [-0.4, -0.2) is 34.7 Å². The molecule has 0 saturated heterocycles. The largest absolute Gasteiger partial charge is 0.502 e. The van der Waals surface area contributed by atoms with Gasteiger partial charge in [-0.05, 0) is 44.2 Å². The zero-order valence-corrected chi connectivity index (χ0v) is 18.5. The van der Waals surface area contributed by atoms with E-state index in [4.69, 9.17) is 13.7 Å². The highest BCUT2D eigenvalue weighted by atomic mass is 16.5. The molecular weight excluding hydrogens is 414 g/mol. The van der Waals surface area contributed by atoms with Crippen LogP contribution in [0, 0.1) is 6.92 Å². The van der Waals surface area contributed by atoms with Crippen molar-refractivity contribution in [3.8, 4) is 11.5 Å². The van der Waals surface area contributed by atoms with E-state index in [-0.39, 0.29) is 17.5 Å². The summed E-state index contributed by atoms with van der Waals surface area (Å²) in [6, 6.07) is 6.69. The Morgan fingerprint density at radius 3 is 2.59 bits per heavy atom. The molecule has 0 fully saturated rings. The van der Waals surface area contributed by atoms with Crippen molar-refractivity contribution in [1.82, 2.24) is 15.5 Å². The van der Waals surface area contributed by atoms with Crippen molar-refractivity contribution in [2.45, 2.75) is 45.6 Å². The maximum atomic E-state index is 13.2. The highest BCUT2D eigenvalue weighted by Crippen LogP contribution is 2.26. The average Bonchev–Trinajstić information content (AvgIpc) is 3.25. The van der Waals surface area contributed by atoms with Gasteiger partial charge in [0.15, 0.2) is 17.4 Å². The minimum absolute atomic E-state index is 0.115. The molecule has 1 unspecified atom stereocenters. The number of aryl methyl sites for hydroxylation is 2. The van der Waals surface area contributed by atoms with E-state index in [2.05, 4.69) is 15.5 Å². The lowest BCUT2D eigenvalue weighted by atomic mass is 10.0. The fraction of sp³-hybridized carbons (Fsp3) is 0.391. The van der Waals surface area contributed by atoms with Crippen LogP contribution in [0.1, 0.15) is 65.8 Å². The topological polar surface area (TPSA) is 128 Å². The number of hydrogen-bond donors (Lipinski definition) is 2. The van der Waals surface area contributed by atoms with Gasteiger partial charge in [-0.25, -0.2) is 0 Å². The summed E-state index contributed by atoms with van der Waals surface area (Å²) in [6.45, 7) is 5.92. The van der Waals surface area contributed by atoms with E-state index in [0.29, 0.717) is 48.2 Å². The molecule has 3 aromatic rings. The molecule has 0 saturated carbocycles. The standard InChI is InChI=1S/C23H27N3O6/c1-13(2)23-25-18(32-26-23)6-5-11-24-19(22-21(29)17(27)12-14(3)31-22)20(28)15-7-9-16(30-4)10-8-15/h7-10,12-13,19,24,29H,5-6,11H2,1-4H3. The lowest BCUT2D eigenvalue weighted by Crippen LogP contribution is -2.31. The fourth-order valence-electron chi connectivity index (χ4n) is 3.14. The molecule has 2 N–H and O–H groups in total. The maximum absolute atomic E-state index is 13.2. The number of nitrogens with zero attached hydrogens (tertiary/aromatic N) is 2. The zero-order chi connectivity index (χ0) is 23.3. The van der Waals surface area contributed by atoms with Crippen LogP contribution in [-0.2, 0) is 6.42 Å². The number of ketones is 1. The summed E-state index contributed by atoms with van der Waals surface area (Å²) in [5.74, 6) is 1.18. The molecular formula is C23H27N3O6. The van der Waals surface area contributed by atoms with Crippen LogP contribution >= 0.6 is 0 Å². The smallest absolute Gasteiger partial charge is 0.227 e.